The number of ether oxygens (including phenoxy) is 2. The zero-order chi connectivity index (χ0) is 22.4. The SMILES string of the molecule is COc1ccc(S(=O)(=O)N2CCOCC2)cc1NC(=O)CSCc1ccc(Cl)cc1F. The van der Waals surface area contributed by atoms with Crippen LogP contribution in [0.4, 0.5) is 10.1 Å². The van der Waals surface area contributed by atoms with Crippen LogP contribution in [-0.2, 0) is 25.3 Å². The van der Waals surface area contributed by atoms with Crippen LogP contribution >= 0.6 is 23.4 Å². The summed E-state index contributed by atoms with van der Waals surface area (Å²) in [5.74, 6) is -0.116. The predicted molar refractivity (Wildman–Crippen MR) is 119 cm³/mol. The standard InChI is InChI=1S/C20H22ClFN2O5S2/c1-28-19-5-4-16(31(26,27)24-6-8-29-9-7-24)11-18(19)23-20(25)13-30-12-14-2-3-15(21)10-17(14)22/h2-5,10-11H,6-9,12-13H2,1H3,(H,23,25). The number of nitrogens with zero attached hydrogens (tertiary/aromatic N) is 1. The van der Waals surface area contributed by atoms with Crippen molar-refractivity contribution in [2.75, 3.05) is 44.5 Å². The molecule has 2 aromatic rings. The fourth-order valence-corrected chi connectivity index (χ4v) is 5.37. The summed E-state index contributed by atoms with van der Waals surface area (Å²) in [6, 6.07) is 8.71. The van der Waals surface area contributed by atoms with Crippen molar-refractivity contribution in [3.63, 3.8) is 0 Å². The van der Waals surface area contributed by atoms with Crippen LogP contribution in [0.15, 0.2) is 41.3 Å². The number of benzene rings is 2. The molecule has 2 aromatic carbocycles. The molecular weight excluding hydrogens is 467 g/mol. The normalized spacial score (nSPS) is 14.9. The van der Waals surface area contributed by atoms with Gasteiger partial charge in [0.25, 0.3) is 0 Å². The molecule has 1 aliphatic heterocycles. The van der Waals surface area contributed by atoms with E-state index in [0.717, 1.165) is 0 Å². The van der Waals surface area contributed by atoms with Gasteiger partial charge in [-0.25, -0.2) is 12.8 Å². The van der Waals surface area contributed by atoms with Crippen molar-refractivity contribution < 1.29 is 27.1 Å². The van der Waals surface area contributed by atoms with Gasteiger partial charge in [0.15, 0.2) is 0 Å². The van der Waals surface area contributed by atoms with E-state index in [1.807, 2.05) is 0 Å². The van der Waals surface area contributed by atoms with Gasteiger partial charge in [-0.15, -0.1) is 11.8 Å². The van der Waals surface area contributed by atoms with Gasteiger partial charge in [0.2, 0.25) is 15.9 Å². The third kappa shape index (κ3) is 6.11. The van der Waals surface area contributed by atoms with Gasteiger partial charge in [-0.1, -0.05) is 17.7 Å². The molecule has 0 spiro atoms. The average Bonchev–Trinajstić information content (AvgIpc) is 2.76. The summed E-state index contributed by atoms with van der Waals surface area (Å²) < 4.78 is 51.4. The Balaban J connectivity index is 1.66. The lowest BCUT2D eigenvalue weighted by Crippen LogP contribution is -2.40. The number of thioether (sulfide) groups is 1. The summed E-state index contributed by atoms with van der Waals surface area (Å²) in [5, 5.41) is 2.99. The third-order valence-corrected chi connectivity index (χ3v) is 7.67. The molecule has 0 bridgehead atoms. The summed E-state index contributed by atoms with van der Waals surface area (Å²) in [7, 11) is -2.29. The first-order valence-electron chi connectivity index (χ1n) is 9.38. The second-order valence-electron chi connectivity index (χ2n) is 6.66. The van der Waals surface area contributed by atoms with E-state index in [2.05, 4.69) is 5.32 Å². The molecule has 1 amide bonds. The fraction of sp³-hybridized carbons (Fsp3) is 0.350. The molecule has 3 rings (SSSR count). The Kier molecular flexibility index (Phi) is 8.17. The van der Waals surface area contributed by atoms with E-state index >= 15 is 0 Å². The van der Waals surface area contributed by atoms with Gasteiger partial charge in [0.05, 0.1) is 36.7 Å². The topological polar surface area (TPSA) is 84.9 Å². The minimum atomic E-state index is -3.72. The minimum Gasteiger partial charge on any atom is -0.495 e. The van der Waals surface area contributed by atoms with Gasteiger partial charge < -0.3 is 14.8 Å². The lowest BCUT2D eigenvalue weighted by atomic mass is 10.2. The van der Waals surface area contributed by atoms with Gasteiger partial charge >= 0.3 is 0 Å². The van der Waals surface area contributed by atoms with Gasteiger partial charge in [0, 0.05) is 23.9 Å². The second-order valence-corrected chi connectivity index (χ2v) is 10.0. The summed E-state index contributed by atoms with van der Waals surface area (Å²) in [5.41, 5.74) is 0.693. The van der Waals surface area contributed by atoms with Crippen molar-refractivity contribution in [3.05, 3.63) is 52.8 Å². The van der Waals surface area contributed by atoms with Crippen LogP contribution in [0.1, 0.15) is 5.56 Å². The molecule has 1 fully saturated rings. The number of morpholine rings is 1. The van der Waals surface area contributed by atoms with Crippen molar-refractivity contribution in [3.8, 4) is 5.75 Å². The van der Waals surface area contributed by atoms with E-state index in [-0.39, 0.29) is 35.3 Å². The number of hydrogen-bond acceptors (Lipinski definition) is 6. The van der Waals surface area contributed by atoms with Gasteiger partial charge in [-0.05, 0) is 35.9 Å². The molecule has 0 unspecified atom stereocenters. The van der Waals surface area contributed by atoms with Gasteiger partial charge in [-0.3, -0.25) is 4.79 Å². The number of halogens is 2. The number of sulfonamides is 1. The summed E-state index contributed by atoms with van der Waals surface area (Å²) >= 11 is 6.96. The van der Waals surface area contributed by atoms with Crippen LogP contribution in [0, 0.1) is 5.82 Å². The number of carbonyl (C=O) groups excluding carboxylic acids is 1. The molecule has 0 aromatic heterocycles. The molecule has 0 radical (unpaired) electrons. The molecule has 11 heteroatoms. The lowest BCUT2D eigenvalue weighted by molar-refractivity contribution is -0.113. The molecule has 1 N–H and O–H groups in total. The van der Waals surface area contributed by atoms with E-state index in [0.29, 0.717) is 35.3 Å². The largest absolute Gasteiger partial charge is 0.495 e. The van der Waals surface area contributed by atoms with Gasteiger partial charge in [0.1, 0.15) is 11.6 Å². The molecule has 0 aliphatic carbocycles. The highest BCUT2D eigenvalue weighted by atomic mass is 35.5. The monoisotopic (exact) mass is 488 g/mol. The number of rotatable bonds is 8. The molecule has 31 heavy (non-hydrogen) atoms. The maximum absolute atomic E-state index is 13.8. The van der Waals surface area contributed by atoms with E-state index in [4.69, 9.17) is 21.1 Å². The number of hydrogen-bond donors (Lipinski definition) is 1. The van der Waals surface area contributed by atoms with Crippen molar-refractivity contribution in [1.82, 2.24) is 4.31 Å². The highest BCUT2D eigenvalue weighted by molar-refractivity contribution is 7.99. The summed E-state index contributed by atoms with van der Waals surface area (Å²) in [4.78, 5) is 12.5. The molecule has 1 heterocycles. The first kappa shape index (κ1) is 23.8. The Bertz CT molecular complexity index is 1050. The Morgan fingerprint density at radius 3 is 2.68 bits per heavy atom. The van der Waals surface area contributed by atoms with E-state index in [9.17, 15) is 17.6 Å². The number of nitrogens with one attached hydrogen (secondary N) is 1. The highest BCUT2D eigenvalue weighted by Crippen LogP contribution is 2.29. The summed E-state index contributed by atoms with van der Waals surface area (Å²) in [6.45, 7) is 1.22. The predicted octanol–water partition coefficient (Wildman–Crippen LogP) is 3.38. The molecule has 1 aliphatic rings. The maximum Gasteiger partial charge on any atom is 0.243 e. The second kappa shape index (κ2) is 10.6. The van der Waals surface area contributed by atoms with Crippen molar-refractivity contribution in [2.24, 2.45) is 0 Å². The average molecular weight is 489 g/mol. The molecular formula is C20H22ClFN2O5S2. The molecule has 7 nitrogen and oxygen atoms in total. The zero-order valence-electron chi connectivity index (χ0n) is 16.8. The number of anilines is 1. The molecule has 168 valence electrons. The molecule has 0 saturated carbocycles. The highest BCUT2D eigenvalue weighted by Gasteiger charge is 2.27. The smallest absolute Gasteiger partial charge is 0.243 e. The van der Waals surface area contributed by atoms with Crippen molar-refractivity contribution >= 4 is 45.0 Å². The Morgan fingerprint density at radius 1 is 1.26 bits per heavy atom. The van der Waals surface area contributed by atoms with Crippen LogP contribution in [-0.4, -0.2) is 57.8 Å². The Labute approximate surface area is 189 Å². The van der Waals surface area contributed by atoms with E-state index < -0.39 is 15.8 Å². The number of carbonyl (C=O) groups is 1. The quantitative estimate of drug-likeness (QED) is 0.613. The van der Waals surface area contributed by atoms with Crippen LogP contribution in [0.2, 0.25) is 5.02 Å². The first-order valence-corrected chi connectivity index (χ1v) is 12.4. The van der Waals surface area contributed by atoms with Gasteiger partial charge in [-0.2, -0.15) is 4.31 Å². The van der Waals surface area contributed by atoms with Crippen LogP contribution in [0.3, 0.4) is 0 Å². The van der Waals surface area contributed by atoms with Crippen molar-refractivity contribution in [2.45, 2.75) is 10.6 Å². The number of methoxy groups -OCH3 is 1. The number of amides is 1. The fourth-order valence-electron chi connectivity index (χ4n) is 2.96. The van der Waals surface area contributed by atoms with Crippen LogP contribution < -0.4 is 10.1 Å². The first-order chi connectivity index (χ1) is 14.8. The minimum absolute atomic E-state index is 0.0473. The van der Waals surface area contributed by atoms with Crippen LogP contribution in [0.5, 0.6) is 5.75 Å². The zero-order valence-corrected chi connectivity index (χ0v) is 19.2. The van der Waals surface area contributed by atoms with Crippen molar-refractivity contribution in [1.29, 1.82) is 0 Å². The Hall–Kier alpha value is -1.85. The Morgan fingerprint density at radius 2 is 2.00 bits per heavy atom. The van der Waals surface area contributed by atoms with E-state index in [1.54, 1.807) is 12.1 Å². The summed E-state index contributed by atoms with van der Waals surface area (Å²) in [6.07, 6.45) is 0. The third-order valence-electron chi connectivity index (χ3n) is 4.56. The van der Waals surface area contributed by atoms with Crippen LogP contribution in [0.25, 0.3) is 0 Å². The maximum atomic E-state index is 13.8. The molecule has 1 saturated heterocycles. The molecule has 0 atom stereocenters. The lowest BCUT2D eigenvalue weighted by Gasteiger charge is -2.26. The van der Waals surface area contributed by atoms with E-state index in [1.165, 1.54) is 47.4 Å².